The highest BCUT2D eigenvalue weighted by Crippen LogP contribution is 2.16. The van der Waals surface area contributed by atoms with Crippen LogP contribution in [0.1, 0.15) is 19.8 Å². The van der Waals surface area contributed by atoms with Gasteiger partial charge in [0.2, 0.25) is 0 Å². The van der Waals surface area contributed by atoms with E-state index in [9.17, 15) is 9.90 Å². The molecule has 0 aromatic rings. The molecule has 5 heteroatoms. The first-order chi connectivity index (χ1) is 7.33. The van der Waals surface area contributed by atoms with Crippen LogP contribution in [0.25, 0.3) is 0 Å². The quantitative estimate of drug-likeness (QED) is 0.703. The second-order valence-corrected chi connectivity index (χ2v) is 5.05. The van der Waals surface area contributed by atoms with E-state index in [0.717, 1.165) is 25.9 Å². The van der Waals surface area contributed by atoms with Crippen LogP contribution in [0.2, 0.25) is 0 Å². The van der Waals surface area contributed by atoms with E-state index in [1.807, 2.05) is 11.9 Å². The summed E-state index contributed by atoms with van der Waals surface area (Å²) in [7, 11) is 3.94. The third kappa shape index (κ3) is 3.43. The monoisotopic (exact) mass is 230 g/mol. The predicted octanol–water partition coefficient (Wildman–Crippen LogP) is -0.152. The Morgan fingerprint density at radius 2 is 2.25 bits per heavy atom. The molecular formula is C11H22N2O3. The van der Waals surface area contributed by atoms with Gasteiger partial charge in [0.05, 0.1) is 0 Å². The molecule has 0 spiro atoms. The van der Waals surface area contributed by atoms with E-state index < -0.39 is 11.6 Å². The van der Waals surface area contributed by atoms with Gasteiger partial charge < -0.3 is 15.1 Å². The summed E-state index contributed by atoms with van der Waals surface area (Å²) in [6.45, 7) is 3.55. The summed E-state index contributed by atoms with van der Waals surface area (Å²) in [5.74, 6) is -1.16. The van der Waals surface area contributed by atoms with Crippen LogP contribution in [0.15, 0.2) is 0 Å². The molecule has 94 valence electrons. The number of hydrogen-bond donors (Lipinski definition) is 2. The van der Waals surface area contributed by atoms with Gasteiger partial charge in [0.25, 0.3) is 0 Å². The van der Waals surface area contributed by atoms with E-state index in [0.29, 0.717) is 6.04 Å². The average molecular weight is 230 g/mol. The van der Waals surface area contributed by atoms with Crippen molar-refractivity contribution in [3.8, 4) is 0 Å². The zero-order valence-corrected chi connectivity index (χ0v) is 10.3. The number of carboxylic acid groups (broad SMARTS) is 1. The van der Waals surface area contributed by atoms with E-state index in [1.165, 1.54) is 6.92 Å². The fourth-order valence-corrected chi connectivity index (χ4v) is 2.18. The van der Waals surface area contributed by atoms with Gasteiger partial charge in [-0.3, -0.25) is 4.90 Å². The first kappa shape index (κ1) is 13.4. The number of piperidine rings is 1. The molecule has 2 unspecified atom stereocenters. The normalized spacial score (nSPS) is 26.7. The Morgan fingerprint density at radius 1 is 1.62 bits per heavy atom. The van der Waals surface area contributed by atoms with Crippen molar-refractivity contribution in [2.75, 3.05) is 33.7 Å². The van der Waals surface area contributed by atoms with Crippen molar-refractivity contribution >= 4 is 5.97 Å². The number of hydrogen-bond acceptors (Lipinski definition) is 4. The Bertz CT molecular complexity index is 256. The third-order valence-corrected chi connectivity index (χ3v) is 3.24. The zero-order valence-electron chi connectivity index (χ0n) is 10.3. The number of carboxylic acids is 1. The van der Waals surface area contributed by atoms with Crippen LogP contribution in [0.5, 0.6) is 0 Å². The third-order valence-electron chi connectivity index (χ3n) is 3.24. The van der Waals surface area contributed by atoms with E-state index in [-0.39, 0.29) is 6.54 Å². The van der Waals surface area contributed by atoms with Crippen LogP contribution >= 0.6 is 0 Å². The van der Waals surface area contributed by atoms with Gasteiger partial charge in [-0.15, -0.1) is 0 Å². The molecule has 1 heterocycles. The molecule has 0 aromatic carbocycles. The molecule has 1 aliphatic rings. The Labute approximate surface area is 96.7 Å². The van der Waals surface area contributed by atoms with Crippen molar-refractivity contribution in [3.63, 3.8) is 0 Å². The van der Waals surface area contributed by atoms with E-state index in [1.54, 1.807) is 0 Å². The summed E-state index contributed by atoms with van der Waals surface area (Å²) in [5.41, 5.74) is -1.66. The van der Waals surface area contributed by atoms with Crippen LogP contribution in [-0.4, -0.2) is 71.4 Å². The highest BCUT2D eigenvalue weighted by Gasteiger charge is 2.33. The van der Waals surface area contributed by atoms with Gasteiger partial charge >= 0.3 is 5.97 Å². The standard InChI is InChI=1S/C11H22N2O3/c1-11(16,10(14)15)8-13(3)9-5-4-6-12(2)7-9/h9,16H,4-8H2,1-3H3,(H,14,15). The first-order valence-corrected chi connectivity index (χ1v) is 5.67. The van der Waals surface area contributed by atoms with Crippen molar-refractivity contribution in [1.82, 2.24) is 9.80 Å². The van der Waals surface area contributed by atoms with Gasteiger partial charge in [-0.2, -0.15) is 0 Å². The number of carbonyl (C=O) groups is 1. The molecule has 1 fully saturated rings. The molecule has 0 saturated carbocycles. The molecule has 5 nitrogen and oxygen atoms in total. The minimum atomic E-state index is -1.66. The Kier molecular flexibility index (Phi) is 4.29. The van der Waals surface area contributed by atoms with Crippen LogP contribution in [0.4, 0.5) is 0 Å². The van der Waals surface area contributed by atoms with Gasteiger partial charge in [-0.25, -0.2) is 4.79 Å². The summed E-state index contributed by atoms with van der Waals surface area (Å²) in [6, 6.07) is 0.338. The predicted molar refractivity (Wildman–Crippen MR) is 61.4 cm³/mol. The molecule has 2 N–H and O–H groups in total. The molecule has 1 aliphatic heterocycles. The fraction of sp³-hybridized carbons (Fsp3) is 0.909. The van der Waals surface area contributed by atoms with Crippen LogP contribution in [-0.2, 0) is 4.79 Å². The summed E-state index contributed by atoms with van der Waals surface area (Å²) >= 11 is 0. The SMILES string of the molecule is CN1CCCC(N(C)CC(C)(O)C(=O)O)C1. The molecule has 0 aromatic heterocycles. The minimum Gasteiger partial charge on any atom is -0.479 e. The van der Waals surface area contributed by atoms with E-state index in [2.05, 4.69) is 11.9 Å². The van der Waals surface area contributed by atoms with Crippen LogP contribution in [0, 0.1) is 0 Å². The summed E-state index contributed by atoms with van der Waals surface area (Å²) in [6.07, 6.45) is 2.19. The lowest BCUT2D eigenvalue weighted by Crippen LogP contribution is -2.52. The second kappa shape index (κ2) is 5.12. The number of rotatable bonds is 4. The lowest BCUT2D eigenvalue weighted by Gasteiger charge is -2.37. The van der Waals surface area contributed by atoms with Crippen molar-refractivity contribution in [1.29, 1.82) is 0 Å². The summed E-state index contributed by atoms with van der Waals surface area (Å²) in [4.78, 5) is 15.0. The van der Waals surface area contributed by atoms with Gasteiger partial charge in [-0.05, 0) is 40.4 Å². The molecule has 0 aliphatic carbocycles. The molecule has 1 saturated heterocycles. The van der Waals surface area contributed by atoms with Crippen molar-refractivity contribution in [2.24, 2.45) is 0 Å². The molecule has 16 heavy (non-hydrogen) atoms. The fourth-order valence-electron chi connectivity index (χ4n) is 2.18. The maximum Gasteiger partial charge on any atom is 0.336 e. The van der Waals surface area contributed by atoms with Crippen molar-refractivity contribution < 1.29 is 15.0 Å². The zero-order chi connectivity index (χ0) is 12.3. The topological polar surface area (TPSA) is 64.0 Å². The second-order valence-electron chi connectivity index (χ2n) is 5.05. The molecule has 1 rings (SSSR count). The maximum absolute atomic E-state index is 10.8. The van der Waals surface area contributed by atoms with E-state index in [4.69, 9.17) is 5.11 Å². The number of likely N-dealkylation sites (tertiary alicyclic amines) is 1. The van der Waals surface area contributed by atoms with E-state index >= 15 is 0 Å². The minimum absolute atomic E-state index is 0.167. The number of aliphatic carboxylic acids is 1. The van der Waals surface area contributed by atoms with Crippen LogP contribution < -0.4 is 0 Å². The first-order valence-electron chi connectivity index (χ1n) is 5.67. The average Bonchev–Trinajstić information content (AvgIpc) is 2.16. The molecule has 2 atom stereocenters. The Morgan fingerprint density at radius 3 is 2.75 bits per heavy atom. The number of nitrogens with zero attached hydrogens (tertiary/aromatic N) is 2. The number of likely N-dealkylation sites (N-methyl/N-ethyl adjacent to an activating group) is 2. The van der Waals surface area contributed by atoms with Gasteiger partial charge in [-0.1, -0.05) is 0 Å². The Hall–Kier alpha value is -0.650. The molecular weight excluding hydrogens is 208 g/mol. The largest absolute Gasteiger partial charge is 0.479 e. The van der Waals surface area contributed by atoms with Gasteiger partial charge in [0.1, 0.15) is 0 Å². The highest BCUT2D eigenvalue weighted by molar-refractivity contribution is 5.76. The molecule has 0 radical (unpaired) electrons. The van der Waals surface area contributed by atoms with Crippen molar-refractivity contribution in [2.45, 2.75) is 31.4 Å². The summed E-state index contributed by atoms with van der Waals surface area (Å²) in [5, 5.41) is 18.6. The lowest BCUT2D eigenvalue weighted by molar-refractivity contribution is -0.158. The van der Waals surface area contributed by atoms with Crippen LogP contribution in [0.3, 0.4) is 0 Å². The summed E-state index contributed by atoms with van der Waals surface area (Å²) < 4.78 is 0. The highest BCUT2D eigenvalue weighted by atomic mass is 16.4. The lowest BCUT2D eigenvalue weighted by atomic mass is 10.0. The smallest absolute Gasteiger partial charge is 0.336 e. The maximum atomic E-state index is 10.8. The Balaban J connectivity index is 2.51. The van der Waals surface area contributed by atoms with Crippen molar-refractivity contribution in [3.05, 3.63) is 0 Å². The molecule has 0 amide bonds. The van der Waals surface area contributed by atoms with Gasteiger partial charge in [0.15, 0.2) is 5.60 Å². The molecule has 0 bridgehead atoms. The van der Waals surface area contributed by atoms with Gasteiger partial charge in [0, 0.05) is 19.1 Å². The number of aliphatic hydroxyl groups is 1.